The molecule has 0 radical (unpaired) electrons. The highest BCUT2D eigenvalue weighted by Crippen LogP contribution is 2.39. The Balaban J connectivity index is 0.00000192. The van der Waals surface area contributed by atoms with E-state index in [4.69, 9.17) is 17.6 Å². The first-order valence-corrected chi connectivity index (χ1v) is 11.7. The predicted octanol–water partition coefficient (Wildman–Crippen LogP) is 4.23. The molecule has 1 unspecified atom stereocenters. The fourth-order valence-corrected chi connectivity index (χ4v) is 3.88. The number of nitrogens with zero attached hydrogens (tertiary/aromatic N) is 2. The summed E-state index contributed by atoms with van der Waals surface area (Å²) < 4.78 is 0. The lowest BCUT2D eigenvalue weighted by molar-refractivity contribution is -0.121. The van der Waals surface area contributed by atoms with Gasteiger partial charge in [0, 0.05) is 22.8 Å². The second kappa shape index (κ2) is 14.8. The molecule has 1 atom stereocenters. The molecule has 0 saturated carbocycles. The lowest BCUT2D eigenvalue weighted by atomic mass is 10.1. The topological polar surface area (TPSA) is 73.4 Å². The third-order valence-corrected chi connectivity index (χ3v) is 5.23. The number of nitrogens with one attached hydrogen (secondary N) is 1. The molecule has 0 saturated heterocycles. The summed E-state index contributed by atoms with van der Waals surface area (Å²) in [5.41, 5.74) is 9.08. The largest absolute Gasteiger partial charge is 0.402 e. The minimum absolute atomic E-state index is 0.143. The number of rotatable bonds is 7. The molecule has 1 aliphatic heterocycles. The van der Waals surface area contributed by atoms with Crippen LogP contribution in [0.3, 0.4) is 0 Å². The van der Waals surface area contributed by atoms with Crippen molar-refractivity contribution in [1.29, 1.82) is 5.41 Å². The highest BCUT2D eigenvalue weighted by atomic mass is 32.2. The molecule has 164 valence electrons. The summed E-state index contributed by atoms with van der Waals surface area (Å²) >= 11 is 3.14. The number of allylic oxidation sites excluding steroid dienone is 6. The lowest BCUT2D eigenvalue weighted by Gasteiger charge is -2.18. The highest BCUT2D eigenvalue weighted by Gasteiger charge is 2.28. The van der Waals surface area contributed by atoms with Gasteiger partial charge in [0.1, 0.15) is 0 Å². The van der Waals surface area contributed by atoms with Crippen LogP contribution in [0.2, 0.25) is 0 Å². The summed E-state index contributed by atoms with van der Waals surface area (Å²) in [4.78, 5) is 16.8. The Morgan fingerprint density at radius 2 is 2.00 bits per heavy atom. The molecule has 1 heterocycles. The van der Waals surface area contributed by atoms with E-state index in [9.17, 15) is 4.79 Å². The summed E-state index contributed by atoms with van der Waals surface area (Å²) in [7, 11) is 6.00. The summed E-state index contributed by atoms with van der Waals surface area (Å²) in [6.07, 6.45) is 17.3. The Labute approximate surface area is 190 Å². The third kappa shape index (κ3) is 10.1. The van der Waals surface area contributed by atoms with Gasteiger partial charge in [-0.05, 0) is 77.5 Å². The van der Waals surface area contributed by atoms with Crippen molar-refractivity contribution in [3.05, 3.63) is 57.8 Å². The van der Waals surface area contributed by atoms with Gasteiger partial charge in [-0.15, -0.1) is 18.2 Å². The average Bonchev–Trinajstić information content (AvgIpc) is 3.03. The number of nitrogens with two attached hydrogens (primary N) is 1. The summed E-state index contributed by atoms with van der Waals surface area (Å²) in [5.74, 6) is 2.98. The van der Waals surface area contributed by atoms with E-state index in [1.165, 1.54) is 22.7 Å². The van der Waals surface area contributed by atoms with E-state index in [-0.39, 0.29) is 11.2 Å². The number of thioether (sulfide) groups is 2. The van der Waals surface area contributed by atoms with Crippen LogP contribution in [0.5, 0.6) is 0 Å². The van der Waals surface area contributed by atoms with Gasteiger partial charge in [-0.2, -0.15) is 11.8 Å². The van der Waals surface area contributed by atoms with Gasteiger partial charge in [0.05, 0.1) is 16.9 Å². The van der Waals surface area contributed by atoms with Crippen LogP contribution in [0.25, 0.3) is 0 Å². The molecule has 0 bridgehead atoms. The zero-order chi connectivity index (χ0) is 23.3. The van der Waals surface area contributed by atoms with Gasteiger partial charge in [-0.1, -0.05) is 12.0 Å². The van der Waals surface area contributed by atoms with Crippen molar-refractivity contribution in [2.45, 2.75) is 26.0 Å². The zero-order valence-electron chi connectivity index (χ0n) is 19.0. The average molecular weight is 447 g/mol. The Kier molecular flexibility index (Phi) is 13.7. The number of terminal acetylenes is 1. The van der Waals surface area contributed by atoms with Crippen molar-refractivity contribution in [2.75, 3.05) is 33.2 Å². The van der Waals surface area contributed by atoms with Crippen LogP contribution in [-0.2, 0) is 4.79 Å². The number of amides is 1. The highest BCUT2D eigenvalue weighted by molar-refractivity contribution is 8.05. The van der Waals surface area contributed by atoms with Crippen LogP contribution in [-0.4, -0.2) is 60.4 Å². The molecule has 0 aromatic heterocycles. The van der Waals surface area contributed by atoms with Gasteiger partial charge in [0.2, 0.25) is 0 Å². The van der Waals surface area contributed by atoms with E-state index >= 15 is 0 Å². The number of hydrogen-bond acceptors (Lipinski definition) is 6. The molecule has 1 aliphatic rings. The molecule has 1 rings (SSSR count). The first-order chi connectivity index (χ1) is 14.1. The molecule has 7 heteroatoms. The fraction of sp³-hybridized carbons (Fsp3) is 0.391. The summed E-state index contributed by atoms with van der Waals surface area (Å²) in [5, 5.41) is 7.82. The molecule has 0 aromatic carbocycles. The van der Waals surface area contributed by atoms with E-state index in [2.05, 4.69) is 5.92 Å². The molecular weight excluding hydrogens is 412 g/mol. The quantitative estimate of drug-likeness (QED) is 0.265. The minimum atomic E-state index is -0.261. The van der Waals surface area contributed by atoms with Gasteiger partial charge >= 0.3 is 0 Å². The predicted molar refractivity (Wildman–Crippen MR) is 135 cm³/mol. The maximum atomic E-state index is 12.9. The van der Waals surface area contributed by atoms with Crippen molar-refractivity contribution in [1.82, 2.24) is 9.80 Å². The van der Waals surface area contributed by atoms with Crippen LogP contribution in [0.4, 0.5) is 0 Å². The fourth-order valence-electron chi connectivity index (χ4n) is 2.44. The molecular formula is C23H34N4OS2. The van der Waals surface area contributed by atoms with Gasteiger partial charge in [0.15, 0.2) is 0 Å². The molecule has 1 amide bonds. The lowest BCUT2D eigenvalue weighted by Crippen LogP contribution is -2.28. The van der Waals surface area contributed by atoms with Crippen molar-refractivity contribution in [2.24, 2.45) is 5.73 Å². The first kappa shape index (κ1) is 27.9. The Bertz CT molecular complexity index is 792. The minimum Gasteiger partial charge on any atom is -0.402 e. The zero-order valence-corrected chi connectivity index (χ0v) is 20.7. The van der Waals surface area contributed by atoms with Crippen LogP contribution in [0.1, 0.15) is 20.8 Å². The number of carbonyl (C=O) groups excluding carboxylic acids is 1. The van der Waals surface area contributed by atoms with Crippen molar-refractivity contribution >= 4 is 35.8 Å². The van der Waals surface area contributed by atoms with Gasteiger partial charge < -0.3 is 10.6 Å². The Morgan fingerprint density at radius 1 is 1.40 bits per heavy atom. The second-order valence-corrected chi connectivity index (χ2v) is 9.33. The maximum Gasteiger partial charge on any atom is 0.270 e. The van der Waals surface area contributed by atoms with E-state index < -0.39 is 0 Å². The SMILES string of the molecule is C#C/C=C(\C=C/CSC)N(C=N)C(=O)C1=C/C(=C(C)/C=C(/C)N)C(C)S1.CN(C)C. The molecule has 5 nitrogen and oxygen atoms in total. The van der Waals surface area contributed by atoms with Crippen LogP contribution >= 0.6 is 23.5 Å². The monoisotopic (exact) mass is 446 g/mol. The number of hydrogen-bond donors (Lipinski definition) is 2. The van der Waals surface area contributed by atoms with Gasteiger partial charge in [-0.3, -0.25) is 15.1 Å². The second-order valence-electron chi connectivity index (χ2n) is 7.03. The van der Waals surface area contributed by atoms with Gasteiger partial charge in [-0.25, -0.2) is 0 Å². The molecule has 3 N–H and O–H groups in total. The van der Waals surface area contributed by atoms with E-state index in [1.54, 1.807) is 17.8 Å². The third-order valence-electron chi connectivity index (χ3n) is 3.55. The molecule has 0 aromatic rings. The molecule has 0 spiro atoms. The van der Waals surface area contributed by atoms with Gasteiger partial charge in [0.25, 0.3) is 5.91 Å². The Hall–Kier alpha value is -2.14. The number of carbonyl (C=O) groups is 1. The standard InChI is InChI=1S/C20H25N3OS2.C3H9N/c1-6-8-17(9-7-10-25-5)23(13-21)20(24)19-12-18(16(4)26-19)14(2)11-15(3)22;1-4(2)3/h1,7-9,11-13,16,21H,10,22H2,2-5H3;1-3H3/b9-7-,15-11-,17-8+,18-14-,21-13?;. The van der Waals surface area contributed by atoms with Crippen LogP contribution in [0.15, 0.2) is 57.8 Å². The summed E-state index contributed by atoms with van der Waals surface area (Å²) in [6.45, 7) is 5.86. The van der Waals surface area contributed by atoms with Crippen LogP contribution < -0.4 is 5.73 Å². The molecule has 0 aliphatic carbocycles. The van der Waals surface area contributed by atoms with E-state index in [1.807, 2.05) is 71.3 Å². The molecule has 0 fully saturated rings. The molecule has 30 heavy (non-hydrogen) atoms. The van der Waals surface area contributed by atoms with E-state index in [0.717, 1.165) is 28.9 Å². The maximum absolute atomic E-state index is 12.9. The van der Waals surface area contributed by atoms with Crippen molar-refractivity contribution < 1.29 is 4.79 Å². The van der Waals surface area contributed by atoms with Crippen LogP contribution in [0, 0.1) is 17.8 Å². The first-order valence-electron chi connectivity index (χ1n) is 9.38. The Morgan fingerprint density at radius 3 is 2.47 bits per heavy atom. The smallest absolute Gasteiger partial charge is 0.270 e. The van der Waals surface area contributed by atoms with Crippen molar-refractivity contribution in [3.8, 4) is 12.3 Å². The normalized spacial score (nSPS) is 18.5. The van der Waals surface area contributed by atoms with Crippen molar-refractivity contribution in [3.63, 3.8) is 0 Å². The van der Waals surface area contributed by atoms with E-state index in [0.29, 0.717) is 10.6 Å². The summed E-state index contributed by atoms with van der Waals surface area (Å²) in [6, 6.07) is 0.